The summed E-state index contributed by atoms with van der Waals surface area (Å²) in [5, 5.41) is 0. The quantitative estimate of drug-likeness (QED) is 0.676. The molecule has 1 aromatic heterocycles. The number of carbonyl (C=O) groups excluding carboxylic acids is 1. The Balaban J connectivity index is 2.24. The second-order valence-electron chi connectivity index (χ2n) is 3.87. The number of carbonyl (C=O) groups is 1. The van der Waals surface area contributed by atoms with E-state index in [1.807, 2.05) is 26.0 Å². The van der Waals surface area contributed by atoms with Gasteiger partial charge in [0, 0.05) is 18.7 Å². The first kappa shape index (κ1) is 9.19. The Labute approximate surface area is 83.8 Å². The molecule has 0 aromatic carbocycles. The molecule has 1 fully saturated rings. The molecule has 14 heavy (non-hydrogen) atoms. The second kappa shape index (κ2) is 3.40. The van der Waals surface area contributed by atoms with E-state index in [1.165, 1.54) is 0 Å². The lowest BCUT2D eigenvalue weighted by Gasteiger charge is -2.14. The van der Waals surface area contributed by atoms with Crippen molar-refractivity contribution < 1.29 is 4.79 Å². The van der Waals surface area contributed by atoms with Gasteiger partial charge in [-0.15, -0.1) is 0 Å². The molecule has 0 spiro atoms. The maximum atomic E-state index is 11.7. The molecule has 1 aromatic rings. The summed E-state index contributed by atoms with van der Waals surface area (Å²) in [6.07, 6.45) is 2.74. The Morgan fingerprint density at radius 3 is 2.79 bits per heavy atom. The molecule has 2 rings (SSSR count). The van der Waals surface area contributed by atoms with Crippen LogP contribution in [0.3, 0.4) is 0 Å². The number of pyridine rings is 1. The molecule has 0 aliphatic carbocycles. The minimum Gasteiger partial charge on any atom is -0.297 e. The molecule has 3 nitrogen and oxygen atoms in total. The van der Waals surface area contributed by atoms with Crippen LogP contribution in [-0.4, -0.2) is 17.4 Å². The summed E-state index contributed by atoms with van der Waals surface area (Å²) in [6, 6.07) is 3.89. The highest BCUT2D eigenvalue weighted by atomic mass is 16.2. The van der Waals surface area contributed by atoms with Crippen LogP contribution in [-0.2, 0) is 4.79 Å². The summed E-state index contributed by atoms with van der Waals surface area (Å²) in [6.45, 7) is 4.76. The average molecular weight is 190 g/mol. The molecule has 0 saturated carbocycles. The first-order valence-corrected chi connectivity index (χ1v) is 4.92. The van der Waals surface area contributed by atoms with Crippen LogP contribution in [0.1, 0.15) is 18.9 Å². The number of hydrogen-bond donors (Lipinski definition) is 0. The summed E-state index contributed by atoms with van der Waals surface area (Å²) in [5.74, 6) is 1.13. The van der Waals surface area contributed by atoms with Crippen molar-refractivity contribution in [3.63, 3.8) is 0 Å². The molecular formula is C11H14N2O. The molecular weight excluding hydrogens is 176 g/mol. The van der Waals surface area contributed by atoms with Crippen LogP contribution in [0.5, 0.6) is 0 Å². The predicted molar refractivity (Wildman–Crippen MR) is 55.1 cm³/mol. The fourth-order valence-electron chi connectivity index (χ4n) is 1.67. The van der Waals surface area contributed by atoms with Crippen LogP contribution in [0.2, 0.25) is 0 Å². The van der Waals surface area contributed by atoms with E-state index in [2.05, 4.69) is 4.98 Å². The molecule has 1 aliphatic heterocycles. The molecule has 1 atom stereocenters. The van der Waals surface area contributed by atoms with Gasteiger partial charge in [-0.3, -0.25) is 9.69 Å². The van der Waals surface area contributed by atoms with E-state index in [0.29, 0.717) is 0 Å². The number of rotatable bonds is 1. The van der Waals surface area contributed by atoms with Crippen molar-refractivity contribution in [2.24, 2.45) is 5.92 Å². The zero-order valence-corrected chi connectivity index (χ0v) is 8.53. The van der Waals surface area contributed by atoms with Crippen LogP contribution >= 0.6 is 0 Å². The van der Waals surface area contributed by atoms with E-state index < -0.39 is 0 Å². The third kappa shape index (κ3) is 1.50. The topological polar surface area (TPSA) is 33.2 Å². The van der Waals surface area contributed by atoms with Gasteiger partial charge < -0.3 is 0 Å². The average Bonchev–Trinajstić information content (AvgIpc) is 2.50. The third-order valence-electron chi connectivity index (χ3n) is 2.65. The summed E-state index contributed by atoms with van der Waals surface area (Å²) in [7, 11) is 0. The van der Waals surface area contributed by atoms with E-state index >= 15 is 0 Å². The van der Waals surface area contributed by atoms with Crippen LogP contribution in [0.15, 0.2) is 18.3 Å². The molecule has 1 amide bonds. The van der Waals surface area contributed by atoms with Crippen LogP contribution in [0, 0.1) is 12.8 Å². The fourth-order valence-corrected chi connectivity index (χ4v) is 1.67. The van der Waals surface area contributed by atoms with Gasteiger partial charge in [0.15, 0.2) is 0 Å². The molecule has 2 heterocycles. The molecule has 0 bridgehead atoms. The minimum atomic E-state index is 0.151. The van der Waals surface area contributed by atoms with Crippen molar-refractivity contribution in [3.8, 4) is 0 Å². The Bertz CT molecular complexity index is 345. The van der Waals surface area contributed by atoms with Crippen molar-refractivity contribution in [2.75, 3.05) is 11.4 Å². The Morgan fingerprint density at radius 1 is 1.50 bits per heavy atom. The normalized spacial score (nSPS) is 21.7. The van der Waals surface area contributed by atoms with Gasteiger partial charge in [-0.05, 0) is 25.0 Å². The number of hydrogen-bond acceptors (Lipinski definition) is 2. The summed E-state index contributed by atoms with van der Waals surface area (Å²) < 4.78 is 0. The number of aromatic nitrogens is 1. The number of aryl methyl sites for hydroxylation is 1. The standard InChI is InChI=1S/C11H14N2O/c1-8-3-4-10(12-7-8)13-6-5-9(2)11(13)14/h3-4,7,9H,5-6H2,1-2H3. The van der Waals surface area contributed by atoms with Crippen LogP contribution in [0.4, 0.5) is 5.82 Å². The van der Waals surface area contributed by atoms with Crippen LogP contribution < -0.4 is 4.90 Å². The van der Waals surface area contributed by atoms with E-state index in [-0.39, 0.29) is 11.8 Å². The zero-order valence-electron chi connectivity index (χ0n) is 8.53. The zero-order chi connectivity index (χ0) is 10.1. The highest BCUT2D eigenvalue weighted by Crippen LogP contribution is 2.22. The van der Waals surface area contributed by atoms with Crippen molar-refractivity contribution in [1.82, 2.24) is 4.98 Å². The SMILES string of the molecule is Cc1ccc(N2CCC(C)C2=O)nc1. The molecule has 74 valence electrons. The smallest absolute Gasteiger partial charge is 0.231 e. The maximum absolute atomic E-state index is 11.7. The van der Waals surface area contributed by atoms with Crippen molar-refractivity contribution in [1.29, 1.82) is 0 Å². The first-order valence-electron chi connectivity index (χ1n) is 4.92. The lowest BCUT2D eigenvalue weighted by atomic mass is 10.1. The monoisotopic (exact) mass is 190 g/mol. The van der Waals surface area contributed by atoms with Gasteiger partial charge in [0.1, 0.15) is 5.82 Å². The second-order valence-corrected chi connectivity index (χ2v) is 3.87. The van der Waals surface area contributed by atoms with Gasteiger partial charge in [0.2, 0.25) is 5.91 Å². The summed E-state index contributed by atoms with van der Waals surface area (Å²) >= 11 is 0. The third-order valence-corrected chi connectivity index (χ3v) is 2.65. The van der Waals surface area contributed by atoms with E-state index in [4.69, 9.17) is 0 Å². The minimum absolute atomic E-state index is 0.151. The van der Waals surface area contributed by atoms with Gasteiger partial charge >= 0.3 is 0 Å². The lowest BCUT2D eigenvalue weighted by molar-refractivity contribution is -0.119. The van der Waals surface area contributed by atoms with Gasteiger partial charge in [-0.2, -0.15) is 0 Å². The highest BCUT2D eigenvalue weighted by molar-refractivity contribution is 5.96. The predicted octanol–water partition coefficient (Wildman–Crippen LogP) is 1.76. The Morgan fingerprint density at radius 2 is 2.29 bits per heavy atom. The van der Waals surface area contributed by atoms with Gasteiger partial charge in [0.05, 0.1) is 0 Å². The summed E-state index contributed by atoms with van der Waals surface area (Å²) in [4.78, 5) is 17.7. The Kier molecular flexibility index (Phi) is 2.23. The molecule has 1 saturated heterocycles. The number of amides is 1. The van der Waals surface area contributed by atoms with E-state index in [9.17, 15) is 4.79 Å². The Hall–Kier alpha value is -1.38. The molecule has 1 aliphatic rings. The van der Waals surface area contributed by atoms with Gasteiger partial charge in [0.25, 0.3) is 0 Å². The molecule has 3 heteroatoms. The number of anilines is 1. The van der Waals surface area contributed by atoms with Gasteiger partial charge in [-0.25, -0.2) is 4.98 Å². The van der Waals surface area contributed by atoms with E-state index in [0.717, 1.165) is 24.3 Å². The molecule has 1 unspecified atom stereocenters. The number of nitrogens with zero attached hydrogens (tertiary/aromatic N) is 2. The van der Waals surface area contributed by atoms with Crippen molar-refractivity contribution in [2.45, 2.75) is 20.3 Å². The highest BCUT2D eigenvalue weighted by Gasteiger charge is 2.29. The van der Waals surface area contributed by atoms with E-state index in [1.54, 1.807) is 11.1 Å². The summed E-state index contributed by atoms with van der Waals surface area (Å²) in [5.41, 5.74) is 1.12. The molecule has 0 N–H and O–H groups in total. The first-order chi connectivity index (χ1) is 6.68. The van der Waals surface area contributed by atoms with Crippen molar-refractivity contribution in [3.05, 3.63) is 23.9 Å². The van der Waals surface area contributed by atoms with Crippen molar-refractivity contribution >= 4 is 11.7 Å². The fraction of sp³-hybridized carbons (Fsp3) is 0.455. The lowest BCUT2D eigenvalue weighted by Crippen LogP contribution is -2.26. The molecule has 0 radical (unpaired) electrons. The largest absolute Gasteiger partial charge is 0.297 e. The maximum Gasteiger partial charge on any atom is 0.231 e. The van der Waals surface area contributed by atoms with Gasteiger partial charge in [-0.1, -0.05) is 13.0 Å². The van der Waals surface area contributed by atoms with Crippen LogP contribution in [0.25, 0.3) is 0 Å².